The van der Waals surface area contributed by atoms with Crippen molar-refractivity contribution in [3.8, 4) is 5.75 Å². The average Bonchev–Trinajstić information content (AvgIpc) is 2.46. The van der Waals surface area contributed by atoms with Gasteiger partial charge in [0.15, 0.2) is 0 Å². The van der Waals surface area contributed by atoms with Gasteiger partial charge in [-0.1, -0.05) is 0 Å². The topological polar surface area (TPSA) is 49.8 Å². The van der Waals surface area contributed by atoms with Crippen molar-refractivity contribution in [1.82, 2.24) is 0 Å². The third-order valence-corrected chi connectivity index (χ3v) is 3.30. The Kier molecular flexibility index (Phi) is 4.45. The quantitative estimate of drug-likeness (QED) is 0.838. The molecule has 106 valence electrons. The summed E-state index contributed by atoms with van der Waals surface area (Å²) in [4.78, 5) is 12.8. The number of ether oxygens (including phenoxy) is 1. The van der Waals surface area contributed by atoms with E-state index < -0.39 is 5.97 Å². The molecule has 1 heterocycles. The van der Waals surface area contributed by atoms with Crippen LogP contribution in [0.5, 0.6) is 5.75 Å². The number of fused-ring (bicyclic) bond motifs is 1. The summed E-state index contributed by atoms with van der Waals surface area (Å²) in [7, 11) is 0. The van der Waals surface area contributed by atoms with Gasteiger partial charge in [-0.25, -0.2) is 4.79 Å². The van der Waals surface area contributed by atoms with Crippen LogP contribution in [0.1, 0.15) is 19.4 Å². The van der Waals surface area contributed by atoms with Gasteiger partial charge in [-0.3, -0.25) is 0 Å². The number of anilines is 1. The molecule has 0 fully saturated rings. The van der Waals surface area contributed by atoms with Gasteiger partial charge in [-0.2, -0.15) is 0 Å². The van der Waals surface area contributed by atoms with Gasteiger partial charge in [0.1, 0.15) is 12.4 Å². The molecule has 4 heteroatoms. The molecule has 0 saturated carbocycles. The molecule has 0 unspecified atom stereocenters. The molecule has 0 radical (unpaired) electrons. The molecule has 1 aromatic rings. The first-order valence-electron chi connectivity index (χ1n) is 6.77. The van der Waals surface area contributed by atoms with E-state index in [4.69, 9.17) is 9.84 Å². The minimum absolute atomic E-state index is 0.401. The molecular weight excluding hydrogens is 254 g/mol. The maximum Gasteiger partial charge on any atom is 0.328 e. The molecule has 0 spiro atoms. The van der Waals surface area contributed by atoms with Crippen molar-refractivity contribution in [2.24, 2.45) is 0 Å². The minimum Gasteiger partial charge on any atom is -0.488 e. The highest BCUT2D eigenvalue weighted by molar-refractivity contribution is 5.81. The van der Waals surface area contributed by atoms with E-state index in [-0.39, 0.29) is 0 Å². The zero-order chi connectivity index (χ0) is 14.5. The summed E-state index contributed by atoms with van der Waals surface area (Å²) >= 11 is 0. The standard InChI is InChI=1S/C16H19NO3/c1-3-17(4-2)14-7-6-13-9-12(5-8-16(18)19)11-20-15(13)10-14/h5-10H,3-4,11H2,1-2H3,(H,18,19)/b8-5+. The summed E-state index contributed by atoms with van der Waals surface area (Å²) < 4.78 is 5.71. The summed E-state index contributed by atoms with van der Waals surface area (Å²) in [5, 5.41) is 8.63. The van der Waals surface area contributed by atoms with E-state index in [0.717, 1.165) is 41.7 Å². The number of carboxylic acids is 1. The number of hydrogen-bond donors (Lipinski definition) is 1. The van der Waals surface area contributed by atoms with Crippen molar-refractivity contribution in [2.75, 3.05) is 24.6 Å². The Morgan fingerprint density at radius 1 is 1.40 bits per heavy atom. The third kappa shape index (κ3) is 3.20. The Balaban J connectivity index is 2.24. The van der Waals surface area contributed by atoms with Gasteiger partial charge < -0.3 is 14.7 Å². The van der Waals surface area contributed by atoms with E-state index in [0.29, 0.717) is 6.61 Å². The van der Waals surface area contributed by atoms with Crippen LogP contribution in [0.25, 0.3) is 6.08 Å². The second-order valence-corrected chi connectivity index (χ2v) is 4.57. The number of nitrogens with zero attached hydrogens (tertiary/aromatic N) is 1. The molecule has 20 heavy (non-hydrogen) atoms. The number of hydrogen-bond acceptors (Lipinski definition) is 3. The lowest BCUT2D eigenvalue weighted by Crippen LogP contribution is -2.22. The molecule has 0 amide bonds. The molecular formula is C16H19NO3. The first kappa shape index (κ1) is 14.2. The van der Waals surface area contributed by atoms with Crippen molar-refractivity contribution < 1.29 is 14.6 Å². The van der Waals surface area contributed by atoms with Crippen LogP contribution in [0.3, 0.4) is 0 Å². The number of carboxylic acid groups (broad SMARTS) is 1. The largest absolute Gasteiger partial charge is 0.488 e. The van der Waals surface area contributed by atoms with Crippen LogP contribution in [0, 0.1) is 0 Å². The predicted molar refractivity (Wildman–Crippen MR) is 80.3 cm³/mol. The van der Waals surface area contributed by atoms with Gasteiger partial charge in [0, 0.05) is 36.5 Å². The van der Waals surface area contributed by atoms with Crippen LogP contribution in [0.2, 0.25) is 0 Å². The second kappa shape index (κ2) is 6.28. The number of carbonyl (C=O) groups is 1. The van der Waals surface area contributed by atoms with E-state index in [2.05, 4.69) is 24.8 Å². The summed E-state index contributed by atoms with van der Waals surface area (Å²) in [6.45, 7) is 6.56. The predicted octanol–water partition coefficient (Wildman–Crippen LogP) is 2.95. The summed E-state index contributed by atoms with van der Waals surface area (Å²) in [6.07, 6.45) is 4.66. The van der Waals surface area contributed by atoms with E-state index in [1.54, 1.807) is 6.08 Å². The maximum absolute atomic E-state index is 10.5. The highest BCUT2D eigenvalue weighted by Gasteiger charge is 2.12. The zero-order valence-electron chi connectivity index (χ0n) is 11.8. The van der Waals surface area contributed by atoms with Gasteiger partial charge in [0.2, 0.25) is 0 Å². The fraction of sp³-hybridized carbons (Fsp3) is 0.312. The van der Waals surface area contributed by atoms with Crippen molar-refractivity contribution in [2.45, 2.75) is 13.8 Å². The van der Waals surface area contributed by atoms with Crippen molar-refractivity contribution >= 4 is 17.7 Å². The van der Waals surface area contributed by atoms with Gasteiger partial charge in [0.25, 0.3) is 0 Å². The SMILES string of the molecule is CCN(CC)c1ccc2c(c1)OCC(/C=C/C(=O)O)=C2. The number of aliphatic carboxylic acids is 1. The van der Waals surface area contributed by atoms with Crippen LogP contribution in [-0.2, 0) is 4.79 Å². The fourth-order valence-corrected chi connectivity index (χ4v) is 2.23. The Morgan fingerprint density at radius 3 is 2.80 bits per heavy atom. The summed E-state index contributed by atoms with van der Waals surface area (Å²) in [5.74, 6) is -0.101. The monoisotopic (exact) mass is 273 g/mol. The molecule has 1 aromatic carbocycles. The highest BCUT2D eigenvalue weighted by atomic mass is 16.5. The van der Waals surface area contributed by atoms with E-state index >= 15 is 0 Å². The van der Waals surface area contributed by atoms with Crippen molar-refractivity contribution in [3.05, 3.63) is 41.5 Å². The normalized spacial score (nSPS) is 13.6. The van der Waals surface area contributed by atoms with Gasteiger partial charge in [0.05, 0.1) is 0 Å². The molecule has 1 aliphatic rings. The Hall–Kier alpha value is -2.23. The molecule has 0 saturated heterocycles. The lowest BCUT2D eigenvalue weighted by molar-refractivity contribution is -0.131. The molecule has 1 aliphatic heterocycles. The summed E-state index contributed by atoms with van der Waals surface area (Å²) in [6, 6.07) is 6.11. The molecule has 0 bridgehead atoms. The molecule has 2 rings (SSSR count). The first-order chi connectivity index (χ1) is 9.63. The van der Waals surface area contributed by atoms with Crippen LogP contribution in [0.15, 0.2) is 35.9 Å². The smallest absolute Gasteiger partial charge is 0.328 e. The van der Waals surface area contributed by atoms with Crippen molar-refractivity contribution in [1.29, 1.82) is 0 Å². The molecule has 1 N–H and O–H groups in total. The lowest BCUT2D eigenvalue weighted by atomic mass is 10.1. The number of benzene rings is 1. The Bertz CT molecular complexity index is 557. The van der Waals surface area contributed by atoms with Crippen LogP contribution >= 0.6 is 0 Å². The highest BCUT2D eigenvalue weighted by Crippen LogP contribution is 2.31. The van der Waals surface area contributed by atoms with Gasteiger partial charge in [-0.05, 0) is 43.7 Å². The third-order valence-electron chi connectivity index (χ3n) is 3.30. The molecule has 0 atom stereocenters. The zero-order valence-corrected chi connectivity index (χ0v) is 11.8. The van der Waals surface area contributed by atoms with E-state index in [1.165, 1.54) is 0 Å². The van der Waals surface area contributed by atoms with Gasteiger partial charge in [-0.15, -0.1) is 0 Å². The minimum atomic E-state index is -0.950. The molecule has 0 aliphatic carbocycles. The number of rotatable bonds is 5. The maximum atomic E-state index is 10.5. The molecule has 4 nitrogen and oxygen atoms in total. The lowest BCUT2D eigenvalue weighted by Gasteiger charge is -2.23. The Morgan fingerprint density at radius 2 is 2.15 bits per heavy atom. The van der Waals surface area contributed by atoms with Crippen LogP contribution in [0.4, 0.5) is 5.69 Å². The fourth-order valence-electron chi connectivity index (χ4n) is 2.23. The van der Waals surface area contributed by atoms with E-state index in [1.807, 2.05) is 18.2 Å². The molecule has 0 aromatic heterocycles. The van der Waals surface area contributed by atoms with Crippen LogP contribution < -0.4 is 9.64 Å². The second-order valence-electron chi connectivity index (χ2n) is 4.57. The van der Waals surface area contributed by atoms with Gasteiger partial charge >= 0.3 is 5.97 Å². The Labute approximate surface area is 119 Å². The summed E-state index contributed by atoms with van der Waals surface area (Å²) in [5.41, 5.74) is 2.99. The van der Waals surface area contributed by atoms with Crippen LogP contribution in [-0.4, -0.2) is 30.8 Å². The van der Waals surface area contributed by atoms with E-state index in [9.17, 15) is 4.79 Å². The average molecular weight is 273 g/mol. The first-order valence-corrected chi connectivity index (χ1v) is 6.77. The van der Waals surface area contributed by atoms with Crippen molar-refractivity contribution in [3.63, 3.8) is 0 Å².